The van der Waals surface area contributed by atoms with E-state index >= 15 is 0 Å². The molecule has 10 heteroatoms. The van der Waals surface area contributed by atoms with Gasteiger partial charge in [-0.05, 0) is 38.0 Å². The Balaban J connectivity index is 1.26. The third-order valence-electron chi connectivity index (χ3n) is 6.31. The van der Waals surface area contributed by atoms with Gasteiger partial charge in [-0.2, -0.15) is 5.26 Å². The van der Waals surface area contributed by atoms with Crippen LogP contribution in [0.4, 0.5) is 16.3 Å². The smallest absolute Gasteiger partial charge is 0.410 e. The van der Waals surface area contributed by atoms with E-state index in [-0.39, 0.29) is 29.6 Å². The van der Waals surface area contributed by atoms with Crippen molar-refractivity contribution in [3.8, 4) is 11.9 Å². The first-order valence-electron chi connectivity index (χ1n) is 10.9. The molecule has 2 saturated heterocycles. The summed E-state index contributed by atoms with van der Waals surface area (Å²) in [5.74, 6) is 1.00. The molecule has 1 aromatic heterocycles. The monoisotopic (exact) mass is 469 g/mol. The molecule has 9 nitrogen and oxygen atoms in total. The highest BCUT2D eigenvalue weighted by Crippen LogP contribution is 2.40. The van der Waals surface area contributed by atoms with Crippen LogP contribution in [-0.2, 0) is 9.47 Å². The zero-order valence-electron chi connectivity index (χ0n) is 18.2. The van der Waals surface area contributed by atoms with E-state index in [0.717, 1.165) is 12.8 Å². The van der Waals surface area contributed by atoms with E-state index in [4.69, 9.17) is 31.1 Å². The first kappa shape index (κ1) is 21.7. The lowest BCUT2D eigenvalue weighted by Crippen LogP contribution is -2.59. The summed E-state index contributed by atoms with van der Waals surface area (Å²) >= 11 is 6.26. The molecular weight excluding hydrogens is 446 g/mol. The standard InChI is InChI=1S/C23H24ClN5O4/c1-23(4-5-23)33-22(30)29-9-15-11-31-12-16(10-29)21(15)32-20-7-19(26-13-27-20)28-18-3-2-14(8-25)6-17(18)24/h2-3,6-7,13,15-16,21H,4-5,9-12H2,1H3,(H,26,27,28). The van der Waals surface area contributed by atoms with Crippen molar-refractivity contribution in [2.75, 3.05) is 31.6 Å². The molecule has 5 rings (SSSR count). The van der Waals surface area contributed by atoms with Gasteiger partial charge in [0.25, 0.3) is 0 Å². The number of carbonyl (C=O) groups excluding carboxylic acids is 1. The number of hydrogen-bond acceptors (Lipinski definition) is 8. The van der Waals surface area contributed by atoms with Crippen molar-refractivity contribution in [1.29, 1.82) is 5.26 Å². The molecule has 3 fully saturated rings. The Labute approximate surface area is 196 Å². The second-order valence-corrected chi connectivity index (χ2v) is 9.44. The Morgan fingerprint density at radius 1 is 1.27 bits per heavy atom. The first-order valence-corrected chi connectivity index (χ1v) is 11.3. The number of rotatable bonds is 5. The Kier molecular flexibility index (Phi) is 5.72. The van der Waals surface area contributed by atoms with Crippen LogP contribution in [-0.4, -0.2) is 59.0 Å². The van der Waals surface area contributed by atoms with Crippen LogP contribution >= 0.6 is 11.6 Å². The number of aromatic nitrogens is 2. The molecule has 3 aliphatic rings. The molecule has 1 aliphatic carbocycles. The second kappa shape index (κ2) is 8.69. The number of nitrogens with zero attached hydrogens (tertiary/aromatic N) is 4. The minimum absolute atomic E-state index is 0.0244. The zero-order chi connectivity index (χ0) is 23.0. The van der Waals surface area contributed by atoms with Crippen LogP contribution in [0.2, 0.25) is 5.02 Å². The Morgan fingerprint density at radius 2 is 2.03 bits per heavy atom. The fourth-order valence-electron chi connectivity index (χ4n) is 4.23. The maximum absolute atomic E-state index is 12.6. The SMILES string of the molecule is CC1(OC(=O)N2CC3COCC(C2)C3Oc2cc(Nc3ccc(C#N)cc3Cl)ncn2)CC1. The molecular formula is C23H24ClN5O4. The minimum atomic E-state index is -0.293. The zero-order valence-corrected chi connectivity index (χ0v) is 18.9. The van der Waals surface area contributed by atoms with Gasteiger partial charge in [0.1, 0.15) is 23.9 Å². The van der Waals surface area contributed by atoms with Crippen LogP contribution in [0.5, 0.6) is 5.88 Å². The summed E-state index contributed by atoms with van der Waals surface area (Å²) in [6.07, 6.45) is 2.89. The number of nitriles is 1. The highest BCUT2D eigenvalue weighted by Gasteiger charge is 2.47. The van der Waals surface area contributed by atoms with E-state index in [2.05, 4.69) is 21.4 Å². The number of likely N-dealkylation sites (tertiary alicyclic amines) is 1. The fourth-order valence-corrected chi connectivity index (χ4v) is 4.46. The van der Waals surface area contributed by atoms with Crippen LogP contribution in [0, 0.1) is 23.2 Å². The van der Waals surface area contributed by atoms with Gasteiger partial charge in [0.2, 0.25) is 5.88 Å². The number of amides is 1. The largest absolute Gasteiger partial charge is 0.473 e. The lowest BCUT2D eigenvalue weighted by atomic mass is 9.84. The summed E-state index contributed by atoms with van der Waals surface area (Å²) in [4.78, 5) is 22.9. The summed E-state index contributed by atoms with van der Waals surface area (Å²) in [5.41, 5.74) is 0.812. The van der Waals surface area contributed by atoms with Gasteiger partial charge in [-0.3, -0.25) is 0 Å². The van der Waals surface area contributed by atoms with E-state index in [0.29, 0.717) is 54.3 Å². The van der Waals surface area contributed by atoms with Crippen LogP contribution in [0.15, 0.2) is 30.6 Å². The van der Waals surface area contributed by atoms with E-state index in [1.807, 2.05) is 6.92 Å². The number of nitrogens with one attached hydrogen (secondary N) is 1. The van der Waals surface area contributed by atoms with Gasteiger partial charge in [0.05, 0.1) is 35.6 Å². The van der Waals surface area contributed by atoms with E-state index in [1.54, 1.807) is 29.2 Å². The lowest BCUT2D eigenvalue weighted by molar-refractivity contribution is -0.111. The van der Waals surface area contributed by atoms with Gasteiger partial charge < -0.3 is 24.4 Å². The van der Waals surface area contributed by atoms with E-state index in [1.165, 1.54) is 6.33 Å². The molecule has 2 aliphatic heterocycles. The van der Waals surface area contributed by atoms with Gasteiger partial charge in [-0.1, -0.05) is 11.6 Å². The number of carbonyl (C=O) groups is 1. The number of fused-ring (bicyclic) bond motifs is 2. The molecule has 1 amide bonds. The predicted molar refractivity (Wildman–Crippen MR) is 119 cm³/mol. The van der Waals surface area contributed by atoms with Crippen molar-refractivity contribution in [2.24, 2.45) is 11.8 Å². The topological polar surface area (TPSA) is 110 Å². The van der Waals surface area contributed by atoms with Crippen molar-refractivity contribution in [3.63, 3.8) is 0 Å². The number of anilines is 2. The molecule has 172 valence electrons. The average molecular weight is 470 g/mol. The number of benzene rings is 1. The molecule has 0 radical (unpaired) electrons. The van der Waals surface area contributed by atoms with Gasteiger partial charge in [-0.25, -0.2) is 14.8 Å². The summed E-state index contributed by atoms with van der Waals surface area (Å²) in [5, 5.41) is 12.6. The van der Waals surface area contributed by atoms with E-state index in [9.17, 15) is 4.79 Å². The van der Waals surface area contributed by atoms with Crippen LogP contribution in [0.3, 0.4) is 0 Å². The van der Waals surface area contributed by atoms with Crippen LogP contribution in [0.1, 0.15) is 25.3 Å². The second-order valence-electron chi connectivity index (χ2n) is 9.04. The van der Waals surface area contributed by atoms with Crippen molar-refractivity contribution in [2.45, 2.75) is 31.5 Å². The van der Waals surface area contributed by atoms with Gasteiger partial charge in [0, 0.05) is 31.0 Å². The summed E-state index contributed by atoms with van der Waals surface area (Å²) in [6.45, 7) is 4.04. The maximum Gasteiger partial charge on any atom is 0.410 e. The van der Waals surface area contributed by atoms with E-state index < -0.39 is 0 Å². The molecule has 1 saturated carbocycles. The van der Waals surface area contributed by atoms with Gasteiger partial charge in [-0.15, -0.1) is 0 Å². The molecule has 3 heterocycles. The lowest BCUT2D eigenvalue weighted by Gasteiger charge is -2.46. The van der Waals surface area contributed by atoms with Crippen molar-refractivity contribution >= 4 is 29.2 Å². The predicted octanol–water partition coefficient (Wildman–Crippen LogP) is 3.76. The molecule has 2 atom stereocenters. The third kappa shape index (κ3) is 4.82. The molecule has 1 aromatic carbocycles. The van der Waals surface area contributed by atoms with Gasteiger partial charge in [0.15, 0.2) is 0 Å². The summed E-state index contributed by atoms with van der Waals surface area (Å²) in [7, 11) is 0. The number of halogens is 1. The van der Waals surface area contributed by atoms with Crippen molar-refractivity contribution in [1.82, 2.24) is 14.9 Å². The number of ether oxygens (including phenoxy) is 3. The minimum Gasteiger partial charge on any atom is -0.473 e. The van der Waals surface area contributed by atoms with Crippen LogP contribution < -0.4 is 10.1 Å². The average Bonchev–Trinajstić information content (AvgIpc) is 3.51. The maximum atomic E-state index is 12.6. The summed E-state index contributed by atoms with van der Waals surface area (Å²) < 4.78 is 17.7. The Bertz CT molecular complexity index is 1090. The first-order chi connectivity index (χ1) is 15.9. The molecule has 2 bridgehead atoms. The number of piperidine rings is 1. The normalized spacial score (nSPS) is 25.0. The fraction of sp³-hybridized carbons (Fsp3) is 0.478. The number of hydrogen-bond donors (Lipinski definition) is 1. The Hall–Kier alpha value is -3.09. The highest BCUT2D eigenvalue weighted by molar-refractivity contribution is 6.33. The van der Waals surface area contributed by atoms with Crippen molar-refractivity contribution in [3.05, 3.63) is 41.2 Å². The molecule has 33 heavy (non-hydrogen) atoms. The van der Waals surface area contributed by atoms with Gasteiger partial charge >= 0.3 is 6.09 Å². The molecule has 0 spiro atoms. The molecule has 2 aromatic rings. The van der Waals surface area contributed by atoms with Crippen molar-refractivity contribution < 1.29 is 19.0 Å². The highest BCUT2D eigenvalue weighted by atomic mass is 35.5. The summed E-state index contributed by atoms with van der Waals surface area (Å²) in [6, 6.07) is 8.76. The quantitative estimate of drug-likeness (QED) is 0.704. The van der Waals surface area contributed by atoms with Crippen LogP contribution in [0.25, 0.3) is 0 Å². The third-order valence-corrected chi connectivity index (χ3v) is 6.62. The molecule has 2 unspecified atom stereocenters. The molecule has 1 N–H and O–H groups in total. The Morgan fingerprint density at radius 3 is 2.70 bits per heavy atom.